The number of hydrogen-bond donors (Lipinski definition) is 2. The Balaban J connectivity index is 1.69. The van der Waals surface area contributed by atoms with Gasteiger partial charge in [0.25, 0.3) is 0 Å². The third kappa shape index (κ3) is 2.38. The molecule has 0 saturated carbocycles. The average Bonchev–Trinajstić information content (AvgIpc) is 3.01. The molecule has 1 aromatic carbocycles. The molecule has 3 unspecified atom stereocenters. The number of nitrogens with zero attached hydrogens (tertiary/aromatic N) is 1. The highest BCUT2D eigenvalue weighted by molar-refractivity contribution is 5.89. The van der Waals surface area contributed by atoms with Crippen LogP contribution in [-0.4, -0.2) is 36.6 Å². The minimum atomic E-state index is -0.295. The molecule has 0 bridgehead atoms. The van der Waals surface area contributed by atoms with Gasteiger partial charge in [0.05, 0.1) is 0 Å². The molecule has 2 aliphatic heterocycles. The maximum atomic E-state index is 12.9. The monoisotopic (exact) mass is 277 g/mol. The van der Waals surface area contributed by atoms with E-state index >= 15 is 0 Å². The number of rotatable bonds is 2. The van der Waals surface area contributed by atoms with Crippen molar-refractivity contribution < 1.29 is 9.18 Å². The van der Waals surface area contributed by atoms with Gasteiger partial charge in [-0.3, -0.25) is 0 Å². The van der Waals surface area contributed by atoms with Gasteiger partial charge in [-0.25, -0.2) is 9.18 Å². The van der Waals surface area contributed by atoms with Crippen molar-refractivity contribution in [1.82, 2.24) is 10.2 Å². The summed E-state index contributed by atoms with van der Waals surface area (Å²) in [6.45, 7) is 4.94. The predicted molar refractivity (Wildman–Crippen MR) is 76.1 cm³/mol. The first-order valence-corrected chi connectivity index (χ1v) is 7.23. The summed E-state index contributed by atoms with van der Waals surface area (Å²) in [5.74, 6) is 0.842. The molecule has 108 valence electrons. The first-order chi connectivity index (χ1) is 9.69. The van der Waals surface area contributed by atoms with Crippen LogP contribution >= 0.6 is 0 Å². The minimum Gasteiger partial charge on any atom is -0.321 e. The highest BCUT2D eigenvalue weighted by Gasteiger charge is 2.45. The third-order valence-corrected chi connectivity index (χ3v) is 4.49. The van der Waals surface area contributed by atoms with Gasteiger partial charge < -0.3 is 15.5 Å². The first-order valence-electron chi connectivity index (χ1n) is 7.23. The summed E-state index contributed by atoms with van der Waals surface area (Å²) >= 11 is 0. The van der Waals surface area contributed by atoms with Gasteiger partial charge in [-0.1, -0.05) is 6.92 Å². The molecule has 3 rings (SSSR count). The number of hydrogen-bond acceptors (Lipinski definition) is 2. The molecule has 0 aromatic heterocycles. The number of halogens is 1. The van der Waals surface area contributed by atoms with E-state index in [1.807, 2.05) is 4.90 Å². The van der Waals surface area contributed by atoms with Gasteiger partial charge in [0.2, 0.25) is 0 Å². The van der Waals surface area contributed by atoms with Gasteiger partial charge in [-0.2, -0.15) is 0 Å². The summed E-state index contributed by atoms with van der Waals surface area (Å²) in [6, 6.07) is 6.12. The van der Waals surface area contributed by atoms with E-state index in [4.69, 9.17) is 0 Å². The fourth-order valence-electron chi connectivity index (χ4n) is 3.51. The second-order valence-corrected chi connectivity index (χ2v) is 5.65. The van der Waals surface area contributed by atoms with Crippen LogP contribution in [0.1, 0.15) is 13.3 Å². The molecule has 0 aliphatic carbocycles. The third-order valence-electron chi connectivity index (χ3n) is 4.49. The standard InChI is InChI=1S/C15H20FN3O/c1-2-14-13-8-17-7-10(13)9-19(14)15(20)18-12-5-3-11(16)4-6-12/h3-6,10,13-14,17H,2,7-9H2,1H3,(H,18,20). The van der Waals surface area contributed by atoms with E-state index in [0.29, 0.717) is 23.6 Å². The zero-order chi connectivity index (χ0) is 14.1. The van der Waals surface area contributed by atoms with Crippen molar-refractivity contribution in [2.75, 3.05) is 25.0 Å². The summed E-state index contributed by atoms with van der Waals surface area (Å²) in [5, 5.41) is 6.27. The Hall–Kier alpha value is -1.62. The predicted octanol–water partition coefficient (Wildman–Crippen LogP) is 2.29. The van der Waals surface area contributed by atoms with Crippen LogP contribution in [-0.2, 0) is 0 Å². The van der Waals surface area contributed by atoms with Crippen LogP contribution in [0.15, 0.2) is 24.3 Å². The molecular weight excluding hydrogens is 257 g/mol. The van der Waals surface area contributed by atoms with Crippen molar-refractivity contribution in [3.8, 4) is 0 Å². The summed E-state index contributed by atoms with van der Waals surface area (Å²) in [6.07, 6.45) is 0.972. The Labute approximate surface area is 118 Å². The largest absolute Gasteiger partial charge is 0.322 e. The summed E-state index contributed by atoms with van der Waals surface area (Å²) in [4.78, 5) is 14.3. The van der Waals surface area contributed by atoms with Crippen molar-refractivity contribution >= 4 is 11.7 Å². The number of carbonyl (C=O) groups is 1. The lowest BCUT2D eigenvalue weighted by atomic mass is 9.93. The Kier molecular flexibility index (Phi) is 3.61. The second-order valence-electron chi connectivity index (χ2n) is 5.65. The number of likely N-dealkylation sites (tertiary alicyclic amines) is 1. The van der Waals surface area contributed by atoms with Crippen molar-refractivity contribution in [2.24, 2.45) is 11.8 Å². The van der Waals surface area contributed by atoms with E-state index in [2.05, 4.69) is 17.6 Å². The molecule has 0 radical (unpaired) electrons. The van der Waals surface area contributed by atoms with E-state index in [0.717, 1.165) is 26.1 Å². The number of carbonyl (C=O) groups excluding carboxylic acids is 1. The van der Waals surface area contributed by atoms with Gasteiger partial charge >= 0.3 is 6.03 Å². The quantitative estimate of drug-likeness (QED) is 0.871. The van der Waals surface area contributed by atoms with Crippen molar-refractivity contribution in [1.29, 1.82) is 0 Å². The number of fused-ring (bicyclic) bond motifs is 1. The fraction of sp³-hybridized carbons (Fsp3) is 0.533. The molecular formula is C15H20FN3O. The molecule has 5 heteroatoms. The molecule has 1 aromatic rings. The van der Waals surface area contributed by atoms with Crippen LogP contribution in [0.4, 0.5) is 14.9 Å². The Morgan fingerprint density at radius 1 is 1.40 bits per heavy atom. The van der Waals surface area contributed by atoms with E-state index in [1.165, 1.54) is 12.1 Å². The van der Waals surface area contributed by atoms with Gasteiger partial charge in [-0.15, -0.1) is 0 Å². The maximum Gasteiger partial charge on any atom is 0.322 e. The number of nitrogens with one attached hydrogen (secondary N) is 2. The molecule has 2 saturated heterocycles. The Bertz CT molecular complexity index is 490. The summed E-state index contributed by atoms with van der Waals surface area (Å²) in [5.41, 5.74) is 0.640. The number of anilines is 1. The fourth-order valence-corrected chi connectivity index (χ4v) is 3.51. The Morgan fingerprint density at radius 3 is 2.85 bits per heavy atom. The van der Waals surface area contributed by atoms with Crippen LogP contribution in [0.5, 0.6) is 0 Å². The average molecular weight is 277 g/mol. The molecule has 2 fully saturated rings. The van der Waals surface area contributed by atoms with Gasteiger partial charge in [0.15, 0.2) is 0 Å². The summed E-state index contributed by atoms with van der Waals surface area (Å²) in [7, 11) is 0. The topological polar surface area (TPSA) is 44.4 Å². The SMILES string of the molecule is CCC1C2CNCC2CN1C(=O)Nc1ccc(F)cc1. The van der Waals surface area contributed by atoms with Gasteiger partial charge in [0, 0.05) is 31.4 Å². The minimum absolute atomic E-state index is 0.0714. The van der Waals surface area contributed by atoms with Crippen molar-refractivity contribution in [2.45, 2.75) is 19.4 Å². The number of urea groups is 1. The van der Waals surface area contributed by atoms with Crippen LogP contribution in [0.2, 0.25) is 0 Å². The highest BCUT2D eigenvalue weighted by Crippen LogP contribution is 2.34. The molecule has 4 nitrogen and oxygen atoms in total. The highest BCUT2D eigenvalue weighted by atomic mass is 19.1. The van der Waals surface area contributed by atoms with Crippen LogP contribution in [0, 0.1) is 17.7 Å². The lowest BCUT2D eigenvalue weighted by Gasteiger charge is -2.27. The molecule has 20 heavy (non-hydrogen) atoms. The molecule has 3 atom stereocenters. The van der Waals surface area contributed by atoms with Crippen molar-refractivity contribution in [3.05, 3.63) is 30.1 Å². The van der Waals surface area contributed by atoms with Crippen LogP contribution in [0.25, 0.3) is 0 Å². The lowest BCUT2D eigenvalue weighted by Crippen LogP contribution is -2.42. The Morgan fingerprint density at radius 2 is 2.15 bits per heavy atom. The van der Waals surface area contributed by atoms with Crippen LogP contribution in [0.3, 0.4) is 0 Å². The van der Waals surface area contributed by atoms with E-state index in [9.17, 15) is 9.18 Å². The van der Waals surface area contributed by atoms with Crippen LogP contribution < -0.4 is 10.6 Å². The zero-order valence-electron chi connectivity index (χ0n) is 11.6. The first kappa shape index (κ1) is 13.4. The lowest BCUT2D eigenvalue weighted by molar-refractivity contribution is 0.196. The van der Waals surface area contributed by atoms with Gasteiger partial charge in [-0.05, 0) is 42.5 Å². The molecule has 2 amide bonds. The molecule has 2 N–H and O–H groups in total. The molecule has 2 heterocycles. The van der Waals surface area contributed by atoms with Gasteiger partial charge in [0.1, 0.15) is 5.82 Å². The number of benzene rings is 1. The normalized spacial score (nSPS) is 28.5. The molecule has 0 spiro atoms. The second kappa shape index (κ2) is 5.40. The summed E-state index contributed by atoms with van der Waals surface area (Å²) < 4.78 is 12.9. The van der Waals surface area contributed by atoms with E-state index in [1.54, 1.807) is 12.1 Å². The zero-order valence-corrected chi connectivity index (χ0v) is 11.6. The maximum absolute atomic E-state index is 12.9. The van der Waals surface area contributed by atoms with E-state index < -0.39 is 0 Å². The smallest absolute Gasteiger partial charge is 0.321 e. The van der Waals surface area contributed by atoms with Crippen molar-refractivity contribution in [3.63, 3.8) is 0 Å². The number of amides is 2. The molecule has 2 aliphatic rings. The van der Waals surface area contributed by atoms with E-state index in [-0.39, 0.29) is 11.8 Å².